The maximum atomic E-state index is 11.2. The van der Waals surface area contributed by atoms with Gasteiger partial charge in [-0.1, -0.05) is 51.9 Å². The lowest BCUT2D eigenvalue weighted by Crippen LogP contribution is -2.11. The Morgan fingerprint density at radius 1 is 0.882 bits per heavy atom. The molecule has 3 nitrogen and oxygen atoms in total. The van der Waals surface area contributed by atoms with Gasteiger partial charge in [0.05, 0.1) is 0 Å². The van der Waals surface area contributed by atoms with Crippen LogP contribution in [0.1, 0.15) is 71.6 Å². The van der Waals surface area contributed by atoms with Crippen LogP contribution in [0.4, 0.5) is 0 Å². The average molecular weight is 242 g/mol. The maximum absolute atomic E-state index is 11.2. The van der Waals surface area contributed by atoms with Crippen molar-refractivity contribution in [2.45, 2.75) is 71.6 Å². The van der Waals surface area contributed by atoms with E-state index in [-0.39, 0.29) is 18.4 Å². The summed E-state index contributed by atoms with van der Waals surface area (Å²) in [6.45, 7) is 3.49. The Morgan fingerprint density at radius 2 is 1.41 bits per heavy atom. The Hall–Kier alpha value is -0.860. The van der Waals surface area contributed by atoms with Gasteiger partial charge in [-0.15, -0.1) is 0 Å². The molecule has 0 heterocycles. The Bertz CT molecular complexity index is 212. The fourth-order valence-corrected chi connectivity index (χ4v) is 1.71. The highest BCUT2D eigenvalue weighted by molar-refractivity contribution is 5.81. The quantitative estimate of drug-likeness (QED) is 0.410. The SMILES string of the molecule is CCCCCCCCCCC(=O)COC(C)=O. The summed E-state index contributed by atoms with van der Waals surface area (Å²) < 4.78 is 4.64. The molecule has 0 unspecified atom stereocenters. The van der Waals surface area contributed by atoms with Crippen LogP contribution in [0.15, 0.2) is 0 Å². The number of carbonyl (C=O) groups is 2. The van der Waals surface area contributed by atoms with Crippen LogP contribution in [0, 0.1) is 0 Å². The molecular weight excluding hydrogens is 216 g/mol. The summed E-state index contributed by atoms with van der Waals surface area (Å²) in [6, 6.07) is 0. The number of ether oxygens (including phenoxy) is 1. The molecule has 0 spiro atoms. The third-order valence-corrected chi connectivity index (χ3v) is 2.75. The van der Waals surface area contributed by atoms with E-state index in [0.29, 0.717) is 6.42 Å². The molecule has 0 saturated heterocycles. The molecule has 0 aromatic rings. The summed E-state index contributed by atoms with van der Waals surface area (Å²) in [5.74, 6) is -0.347. The van der Waals surface area contributed by atoms with E-state index in [9.17, 15) is 9.59 Å². The minimum Gasteiger partial charge on any atom is -0.458 e. The van der Waals surface area contributed by atoms with Crippen LogP contribution in [0.5, 0.6) is 0 Å². The van der Waals surface area contributed by atoms with Crippen LogP contribution < -0.4 is 0 Å². The molecule has 0 bridgehead atoms. The Labute approximate surface area is 105 Å². The highest BCUT2D eigenvalue weighted by Gasteiger charge is 2.03. The maximum Gasteiger partial charge on any atom is 0.303 e. The molecule has 100 valence electrons. The van der Waals surface area contributed by atoms with Crippen molar-refractivity contribution in [3.8, 4) is 0 Å². The number of hydrogen-bond acceptors (Lipinski definition) is 3. The van der Waals surface area contributed by atoms with Crippen LogP contribution >= 0.6 is 0 Å². The zero-order valence-corrected chi connectivity index (χ0v) is 11.3. The zero-order chi connectivity index (χ0) is 12.9. The first-order valence-electron chi connectivity index (χ1n) is 6.82. The summed E-state index contributed by atoms with van der Waals surface area (Å²) in [7, 11) is 0. The summed E-state index contributed by atoms with van der Waals surface area (Å²) in [4.78, 5) is 21.7. The van der Waals surface area contributed by atoms with Gasteiger partial charge in [0.2, 0.25) is 0 Å². The van der Waals surface area contributed by atoms with Crippen molar-refractivity contribution < 1.29 is 14.3 Å². The van der Waals surface area contributed by atoms with Crippen LogP contribution in [-0.2, 0) is 14.3 Å². The van der Waals surface area contributed by atoms with Crippen molar-refractivity contribution >= 4 is 11.8 Å². The van der Waals surface area contributed by atoms with E-state index in [4.69, 9.17) is 0 Å². The molecule has 0 aliphatic carbocycles. The van der Waals surface area contributed by atoms with Gasteiger partial charge in [-0.2, -0.15) is 0 Å². The van der Waals surface area contributed by atoms with Gasteiger partial charge in [-0.3, -0.25) is 9.59 Å². The van der Waals surface area contributed by atoms with Crippen molar-refractivity contribution in [3.05, 3.63) is 0 Å². The van der Waals surface area contributed by atoms with Crippen molar-refractivity contribution in [1.29, 1.82) is 0 Å². The topological polar surface area (TPSA) is 43.4 Å². The Kier molecular flexibility index (Phi) is 11.0. The average Bonchev–Trinajstić information content (AvgIpc) is 2.30. The van der Waals surface area contributed by atoms with E-state index in [1.165, 1.54) is 45.4 Å². The van der Waals surface area contributed by atoms with E-state index < -0.39 is 0 Å². The number of carbonyl (C=O) groups excluding carboxylic acids is 2. The number of hydrogen-bond donors (Lipinski definition) is 0. The van der Waals surface area contributed by atoms with Gasteiger partial charge < -0.3 is 4.74 Å². The molecule has 0 rings (SSSR count). The van der Waals surface area contributed by atoms with E-state index in [2.05, 4.69) is 11.7 Å². The molecule has 3 heteroatoms. The summed E-state index contributed by atoms with van der Waals surface area (Å²) in [5, 5.41) is 0. The lowest BCUT2D eigenvalue weighted by molar-refractivity contribution is -0.145. The van der Waals surface area contributed by atoms with E-state index in [0.717, 1.165) is 12.8 Å². The third kappa shape index (κ3) is 13.1. The lowest BCUT2D eigenvalue weighted by atomic mass is 10.1. The molecule has 0 fully saturated rings. The van der Waals surface area contributed by atoms with Crippen molar-refractivity contribution in [2.75, 3.05) is 6.61 Å². The summed E-state index contributed by atoms with van der Waals surface area (Å²) >= 11 is 0. The van der Waals surface area contributed by atoms with Crippen molar-refractivity contribution in [2.24, 2.45) is 0 Å². The van der Waals surface area contributed by atoms with Crippen molar-refractivity contribution in [3.63, 3.8) is 0 Å². The van der Waals surface area contributed by atoms with Crippen molar-refractivity contribution in [1.82, 2.24) is 0 Å². The standard InChI is InChI=1S/C14H26O3/c1-3-4-5-6-7-8-9-10-11-14(16)12-17-13(2)15/h3-12H2,1-2H3. The van der Waals surface area contributed by atoms with E-state index >= 15 is 0 Å². The second-order valence-corrected chi connectivity index (χ2v) is 4.54. The molecule has 0 aliphatic rings. The highest BCUT2D eigenvalue weighted by atomic mass is 16.5. The number of rotatable bonds is 11. The van der Waals surface area contributed by atoms with Gasteiger partial charge in [0.1, 0.15) is 6.61 Å². The number of unbranched alkanes of at least 4 members (excludes halogenated alkanes) is 7. The highest BCUT2D eigenvalue weighted by Crippen LogP contribution is 2.09. The second kappa shape index (κ2) is 11.6. The van der Waals surface area contributed by atoms with Crippen LogP contribution in [-0.4, -0.2) is 18.4 Å². The Balaban J connectivity index is 3.16. The molecule has 0 saturated carbocycles. The molecule has 0 aromatic carbocycles. The van der Waals surface area contributed by atoms with Gasteiger partial charge in [0.25, 0.3) is 0 Å². The van der Waals surface area contributed by atoms with E-state index in [1.807, 2.05) is 0 Å². The van der Waals surface area contributed by atoms with Crippen LogP contribution in [0.25, 0.3) is 0 Å². The van der Waals surface area contributed by atoms with Gasteiger partial charge in [-0.05, 0) is 6.42 Å². The smallest absolute Gasteiger partial charge is 0.303 e. The van der Waals surface area contributed by atoms with Gasteiger partial charge >= 0.3 is 5.97 Å². The predicted molar refractivity (Wildman–Crippen MR) is 68.9 cm³/mol. The molecule has 0 amide bonds. The summed E-state index contributed by atoms with van der Waals surface area (Å²) in [6.07, 6.45) is 10.3. The molecule has 0 aliphatic heterocycles. The monoisotopic (exact) mass is 242 g/mol. The number of ketones is 1. The fraction of sp³-hybridized carbons (Fsp3) is 0.857. The minimum atomic E-state index is -0.380. The van der Waals surface area contributed by atoms with Crippen LogP contribution in [0.3, 0.4) is 0 Å². The Morgan fingerprint density at radius 3 is 1.94 bits per heavy atom. The first-order chi connectivity index (χ1) is 8.16. The molecule has 17 heavy (non-hydrogen) atoms. The van der Waals surface area contributed by atoms with Crippen LogP contribution in [0.2, 0.25) is 0 Å². The molecule has 0 radical (unpaired) electrons. The van der Waals surface area contributed by atoms with Gasteiger partial charge in [-0.25, -0.2) is 0 Å². The zero-order valence-electron chi connectivity index (χ0n) is 11.3. The van der Waals surface area contributed by atoms with Gasteiger partial charge in [0.15, 0.2) is 5.78 Å². The lowest BCUT2D eigenvalue weighted by Gasteiger charge is -2.02. The largest absolute Gasteiger partial charge is 0.458 e. The minimum absolute atomic E-state index is 0.0335. The molecule has 0 aromatic heterocycles. The molecule has 0 N–H and O–H groups in total. The van der Waals surface area contributed by atoms with Gasteiger partial charge in [0, 0.05) is 13.3 Å². The molecule has 0 atom stereocenters. The van der Waals surface area contributed by atoms with E-state index in [1.54, 1.807) is 0 Å². The number of Topliss-reactive ketones (excluding diaryl/α,β-unsaturated/α-hetero) is 1. The first-order valence-corrected chi connectivity index (χ1v) is 6.82. The second-order valence-electron chi connectivity index (χ2n) is 4.54. The normalized spacial score (nSPS) is 10.2. The summed E-state index contributed by atoms with van der Waals surface area (Å²) in [5.41, 5.74) is 0. The predicted octanol–water partition coefficient (Wildman–Crippen LogP) is 3.65. The fourth-order valence-electron chi connectivity index (χ4n) is 1.71. The molecular formula is C14H26O3. The number of esters is 1. The third-order valence-electron chi connectivity index (χ3n) is 2.75. The first kappa shape index (κ1) is 16.1.